The van der Waals surface area contributed by atoms with Crippen molar-refractivity contribution in [2.45, 2.75) is 13.8 Å². The zero-order valence-electron chi connectivity index (χ0n) is 8.22. The molecule has 3 nitrogen and oxygen atoms in total. The highest BCUT2D eigenvalue weighted by atomic mass is 32.1. The minimum absolute atomic E-state index is 0.272. The molecule has 0 saturated heterocycles. The van der Waals surface area contributed by atoms with Gasteiger partial charge in [0.15, 0.2) is 0 Å². The molecule has 0 aliphatic carbocycles. The summed E-state index contributed by atoms with van der Waals surface area (Å²) in [5, 5.41) is 3.87. The first-order valence-corrected chi connectivity index (χ1v) is 4.79. The second-order valence-electron chi connectivity index (χ2n) is 2.73. The standard InChI is InChI=1S/C9H13NO2S/c1-5-6(2)13-8(10-3)7(5)9(11)12-4/h10H,1-4H3. The van der Waals surface area contributed by atoms with Crippen LogP contribution in [0.5, 0.6) is 0 Å². The first kappa shape index (κ1) is 10.1. The number of hydrogen-bond donors (Lipinski definition) is 1. The van der Waals surface area contributed by atoms with Crippen molar-refractivity contribution in [3.8, 4) is 0 Å². The molecule has 1 N–H and O–H groups in total. The van der Waals surface area contributed by atoms with Gasteiger partial charge in [0.1, 0.15) is 5.00 Å². The number of thiophene rings is 1. The Morgan fingerprint density at radius 1 is 1.46 bits per heavy atom. The number of rotatable bonds is 2. The van der Waals surface area contributed by atoms with E-state index in [-0.39, 0.29) is 5.97 Å². The molecule has 0 spiro atoms. The summed E-state index contributed by atoms with van der Waals surface area (Å²) in [7, 11) is 3.20. The molecule has 72 valence electrons. The molecule has 0 saturated carbocycles. The van der Waals surface area contributed by atoms with Crippen LogP contribution in [0, 0.1) is 13.8 Å². The Hall–Kier alpha value is -1.03. The van der Waals surface area contributed by atoms with E-state index in [4.69, 9.17) is 4.74 Å². The van der Waals surface area contributed by atoms with Crippen LogP contribution in [-0.2, 0) is 4.74 Å². The van der Waals surface area contributed by atoms with Crippen molar-refractivity contribution in [2.24, 2.45) is 0 Å². The molecule has 0 aliphatic rings. The largest absolute Gasteiger partial charge is 0.465 e. The Kier molecular flexibility index (Phi) is 2.93. The Labute approximate surface area is 81.7 Å². The zero-order chi connectivity index (χ0) is 10.0. The Morgan fingerprint density at radius 3 is 2.54 bits per heavy atom. The van der Waals surface area contributed by atoms with Gasteiger partial charge in [0, 0.05) is 11.9 Å². The Bertz CT molecular complexity index is 331. The van der Waals surface area contributed by atoms with Gasteiger partial charge in [-0.05, 0) is 19.4 Å². The van der Waals surface area contributed by atoms with Crippen LogP contribution in [0.15, 0.2) is 0 Å². The Balaban J connectivity index is 3.23. The van der Waals surface area contributed by atoms with E-state index in [1.54, 1.807) is 18.4 Å². The molecule has 4 heteroatoms. The van der Waals surface area contributed by atoms with Gasteiger partial charge in [-0.2, -0.15) is 0 Å². The normalized spacial score (nSPS) is 9.85. The number of methoxy groups -OCH3 is 1. The number of anilines is 1. The monoisotopic (exact) mass is 199 g/mol. The highest BCUT2D eigenvalue weighted by Crippen LogP contribution is 2.32. The van der Waals surface area contributed by atoms with E-state index < -0.39 is 0 Å². The van der Waals surface area contributed by atoms with Crippen molar-refractivity contribution >= 4 is 22.3 Å². The summed E-state index contributed by atoms with van der Waals surface area (Å²) in [6.45, 7) is 3.92. The second kappa shape index (κ2) is 3.79. The second-order valence-corrected chi connectivity index (χ2v) is 3.95. The van der Waals surface area contributed by atoms with Gasteiger partial charge in [-0.25, -0.2) is 4.79 Å². The van der Waals surface area contributed by atoms with E-state index in [0.717, 1.165) is 15.4 Å². The van der Waals surface area contributed by atoms with Crippen LogP contribution in [0.25, 0.3) is 0 Å². The lowest BCUT2D eigenvalue weighted by atomic mass is 10.1. The van der Waals surface area contributed by atoms with Crippen LogP contribution < -0.4 is 5.32 Å². The summed E-state index contributed by atoms with van der Waals surface area (Å²) in [6, 6.07) is 0. The van der Waals surface area contributed by atoms with Gasteiger partial charge in [0.05, 0.1) is 12.7 Å². The average molecular weight is 199 g/mol. The van der Waals surface area contributed by atoms with Gasteiger partial charge in [0.2, 0.25) is 0 Å². The number of aryl methyl sites for hydroxylation is 1. The molecule has 0 amide bonds. The summed E-state index contributed by atoms with van der Waals surface area (Å²) in [5.41, 5.74) is 1.66. The third kappa shape index (κ3) is 1.67. The summed E-state index contributed by atoms with van der Waals surface area (Å²) >= 11 is 1.57. The van der Waals surface area contributed by atoms with E-state index in [1.165, 1.54) is 7.11 Å². The van der Waals surface area contributed by atoms with Crippen molar-refractivity contribution in [3.63, 3.8) is 0 Å². The first-order valence-electron chi connectivity index (χ1n) is 3.97. The molecular weight excluding hydrogens is 186 g/mol. The number of carbonyl (C=O) groups excluding carboxylic acids is 1. The van der Waals surface area contributed by atoms with E-state index in [1.807, 2.05) is 13.8 Å². The van der Waals surface area contributed by atoms with Gasteiger partial charge in [-0.15, -0.1) is 11.3 Å². The van der Waals surface area contributed by atoms with Crippen LogP contribution in [-0.4, -0.2) is 20.1 Å². The van der Waals surface area contributed by atoms with Crippen LogP contribution in [0.4, 0.5) is 5.00 Å². The van der Waals surface area contributed by atoms with Gasteiger partial charge in [-0.1, -0.05) is 0 Å². The molecule has 0 radical (unpaired) electrons. The molecule has 1 rings (SSSR count). The van der Waals surface area contributed by atoms with Crippen LogP contribution in [0.3, 0.4) is 0 Å². The average Bonchev–Trinajstić information content (AvgIpc) is 2.42. The van der Waals surface area contributed by atoms with Crippen molar-refractivity contribution < 1.29 is 9.53 Å². The molecule has 13 heavy (non-hydrogen) atoms. The van der Waals surface area contributed by atoms with Gasteiger partial charge in [-0.3, -0.25) is 0 Å². The third-order valence-corrected chi connectivity index (χ3v) is 3.23. The number of hydrogen-bond acceptors (Lipinski definition) is 4. The van der Waals surface area contributed by atoms with Gasteiger partial charge >= 0.3 is 5.97 Å². The maximum absolute atomic E-state index is 11.4. The number of ether oxygens (including phenoxy) is 1. The van der Waals surface area contributed by atoms with Crippen LogP contribution in [0.1, 0.15) is 20.8 Å². The van der Waals surface area contributed by atoms with E-state index in [9.17, 15) is 4.79 Å². The molecule has 0 unspecified atom stereocenters. The fraction of sp³-hybridized carbons (Fsp3) is 0.444. The summed E-state index contributed by atoms with van der Waals surface area (Å²) in [6.07, 6.45) is 0. The van der Waals surface area contributed by atoms with Gasteiger partial charge < -0.3 is 10.1 Å². The number of carbonyl (C=O) groups is 1. The van der Waals surface area contributed by atoms with Crippen molar-refractivity contribution in [1.29, 1.82) is 0 Å². The molecule has 0 aromatic carbocycles. The van der Waals surface area contributed by atoms with Gasteiger partial charge in [0.25, 0.3) is 0 Å². The minimum atomic E-state index is -0.272. The molecule has 1 heterocycles. The SMILES string of the molecule is CNc1sc(C)c(C)c1C(=O)OC. The fourth-order valence-corrected chi connectivity index (χ4v) is 2.15. The molecule has 1 aromatic heterocycles. The molecule has 0 bridgehead atoms. The van der Waals surface area contributed by atoms with Crippen LogP contribution in [0.2, 0.25) is 0 Å². The maximum atomic E-state index is 11.4. The lowest BCUT2D eigenvalue weighted by molar-refractivity contribution is 0.0601. The lowest BCUT2D eigenvalue weighted by Crippen LogP contribution is -2.04. The minimum Gasteiger partial charge on any atom is -0.465 e. The number of nitrogens with one attached hydrogen (secondary N) is 1. The van der Waals surface area contributed by atoms with Crippen molar-refractivity contribution in [3.05, 3.63) is 16.0 Å². The fourth-order valence-electron chi connectivity index (χ4n) is 1.15. The molecule has 0 atom stereocenters. The smallest absolute Gasteiger partial charge is 0.341 e. The topological polar surface area (TPSA) is 38.3 Å². The van der Waals surface area contributed by atoms with Crippen molar-refractivity contribution in [1.82, 2.24) is 0 Å². The molecule has 1 aromatic rings. The quantitative estimate of drug-likeness (QED) is 0.742. The van der Waals surface area contributed by atoms with E-state index >= 15 is 0 Å². The highest BCUT2D eigenvalue weighted by molar-refractivity contribution is 7.16. The summed E-state index contributed by atoms with van der Waals surface area (Å²) < 4.78 is 4.70. The highest BCUT2D eigenvalue weighted by Gasteiger charge is 2.18. The lowest BCUT2D eigenvalue weighted by Gasteiger charge is -2.01. The predicted molar refractivity (Wildman–Crippen MR) is 54.7 cm³/mol. The van der Waals surface area contributed by atoms with E-state index in [0.29, 0.717) is 5.56 Å². The molecule has 0 aliphatic heterocycles. The van der Waals surface area contributed by atoms with Crippen molar-refractivity contribution in [2.75, 3.05) is 19.5 Å². The third-order valence-electron chi connectivity index (χ3n) is 2.00. The maximum Gasteiger partial charge on any atom is 0.341 e. The molecular formula is C9H13NO2S. The van der Waals surface area contributed by atoms with E-state index in [2.05, 4.69) is 5.32 Å². The number of esters is 1. The van der Waals surface area contributed by atoms with Crippen LogP contribution >= 0.6 is 11.3 Å². The predicted octanol–water partition coefficient (Wildman–Crippen LogP) is 2.19. The zero-order valence-corrected chi connectivity index (χ0v) is 9.04. The summed E-state index contributed by atoms with van der Waals surface area (Å²) in [5.74, 6) is -0.272. The first-order chi connectivity index (χ1) is 6.11. The molecule has 0 fully saturated rings. The summed E-state index contributed by atoms with van der Waals surface area (Å²) in [4.78, 5) is 12.5. The Morgan fingerprint density at radius 2 is 2.08 bits per heavy atom.